The van der Waals surface area contributed by atoms with Crippen LogP contribution in [-0.2, 0) is 12.8 Å². The second-order valence-electron chi connectivity index (χ2n) is 6.86. The van der Waals surface area contributed by atoms with Crippen molar-refractivity contribution in [1.82, 2.24) is 15.3 Å². The first kappa shape index (κ1) is 15.3. The maximum Gasteiger partial charge on any atom is 0.163 e. The number of nitrogens with one attached hydrogen (secondary N) is 1. The quantitative estimate of drug-likeness (QED) is 0.766. The van der Waals surface area contributed by atoms with Gasteiger partial charge in [0.1, 0.15) is 10.6 Å². The molecule has 0 bridgehead atoms. The lowest BCUT2D eigenvalue weighted by molar-refractivity contribution is 0.586. The summed E-state index contributed by atoms with van der Waals surface area (Å²) < 4.78 is 0. The molecule has 128 valence electrons. The molecule has 5 heteroatoms. The van der Waals surface area contributed by atoms with Gasteiger partial charge < -0.3 is 10.2 Å². The minimum Gasteiger partial charge on any atom is -0.353 e. The molecule has 3 heterocycles. The highest BCUT2D eigenvalue weighted by molar-refractivity contribution is 7.19. The van der Waals surface area contributed by atoms with Crippen LogP contribution >= 0.6 is 11.3 Å². The third-order valence-corrected chi connectivity index (χ3v) is 6.43. The lowest BCUT2D eigenvalue weighted by Gasteiger charge is -2.29. The van der Waals surface area contributed by atoms with Crippen molar-refractivity contribution in [2.45, 2.75) is 25.7 Å². The van der Waals surface area contributed by atoms with Crippen molar-refractivity contribution in [3.05, 3.63) is 40.8 Å². The van der Waals surface area contributed by atoms with Crippen LogP contribution in [0.4, 0.5) is 5.82 Å². The van der Waals surface area contributed by atoms with Crippen LogP contribution in [0.25, 0.3) is 21.6 Å². The Morgan fingerprint density at radius 3 is 2.60 bits per heavy atom. The molecule has 1 aromatic carbocycles. The van der Waals surface area contributed by atoms with Crippen LogP contribution in [0.15, 0.2) is 30.3 Å². The lowest BCUT2D eigenvalue weighted by Crippen LogP contribution is -2.44. The molecule has 4 nitrogen and oxygen atoms in total. The number of fused-ring (bicyclic) bond motifs is 3. The van der Waals surface area contributed by atoms with Crippen LogP contribution < -0.4 is 10.2 Å². The summed E-state index contributed by atoms with van der Waals surface area (Å²) in [6.45, 7) is 4.09. The van der Waals surface area contributed by atoms with Crippen molar-refractivity contribution in [2.24, 2.45) is 0 Å². The molecule has 25 heavy (non-hydrogen) atoms. The van der Waals surface area contributed by atoms with Gasteiger partial charge in [-0.2, -0.15) is 0 Å². The Bertz CT molecular complexity index is 897. The maximum atomic E-state index is 5.07. The number of benzene rings is 1. The molecule has 2 aliphatic rings. The van der Waals surface area contributed by atoms with Crippen molar-refractivity contribution >= 4 is 27.4 Å². The first-order valence-corrected chi connectivity index (χ1v) is 10.1. The summed E-state index contributed by atoms with van der Waals surface area (Å²) in [7, 11) is 0. The topological polar surface area (TPSA) is 41.1 Å². The van der Waals surface area contributed by atoms with E-state index in [0.29, 0.717) is 0 Å². The Hall–Kier alpha value is -1.98. The van der Waals surface area contributed by atoms with E-state index in [1.807, 2.05) is 17.4 Å². The molecule has 0 spiro atoms. The van der Waals surface area contributed by atoms with Gasteiger partial charge in [0.05, 0.1) is 5.39 Å². The van der Waals surface area contributed by atoms with Gasteiger partial charge >= 0.3 is 0 Å². The molecule has 1 saturated heterocycles. The van der Waals surface area contributed by atoms with Crippen molar-refractivity contribution in [3.63, 3.8) is 0 Å². The predicted molar refractivity (Wildman–Crippen MR) is 105 cm³/mol. The molecular formula is C20H22N4S. The van der Waals surface area contributed by atoms with Gasteiger partial charge in [0.2, 0.25) is 0 Å². The number of hydrogen-bond acceptors (Lipinski definition) is 5. The second kappa shape index (κ2) is 6.39. The van der Waals surface area contributed by atoms with Crippen LogP contribution in [-0.4, -0.2) is 36.1 Å². The monoisotopic (exact) mass is 350 g/mol. The molecule has 5 rings (SSSR count). The Morgan fingerprint density at radius 2 is 1.76 bits per heavy atom. The van der Waals surface area contributed by atoms with Crippen LogP contribution in [0, 0.1) is 0 Å². The number of thiophene rings is 1. The molecule has 3 aromatic rings. The Kier molecular flexibility index (Phi) is 3.91. The molecule has 0 unspecified atom stereocenters. The van der Waals surface area contributed by atoms with E-state index in [-0.39, 0.29) is 0 Å². The van der Waals surface area contributed by atoms with Gasteiger partial charge in [-0.15, -0.1) is 11.3 Å². The summed E-state index contributed by atoms with van der Waals surface area (Å²) in [4.78, 5) is 15.2. The first-order valence-electron chi connectivity index (χ1n) is 9.23. The smallest absolute Gasteiger partial charge is 0.163 e. The SMILES string of the molecule is c1ccc(-c2nc(N3CCNCC3)c3c4c(sc3n2)CCCC4)cc1. The number of nitrogens with zero attached hydrogens (tertiary/aromatic N) is 3. The van der Waals surface area contributed by atoms with Gasteiger partial charge in [-0.1, -0.05) is 30.3 Å². The van der Waals surface area contributed by atoms with Gasteiger partial charge in [-0.05, 0) is 31.2 Å². The minimum absolute atomic E-state index is 0.861. The van der Waals surface area contributed by atoms with Crippen LogP contribution in [0.1, 0.15) is 23.3 Å². The summed E-state index contributed by atoms with van der Waals surface area (Å²) in [5.74, 6) is 2.02. The average molecular weight is 350 g/mol. The number of hydrogen-bond donors (Lipinski definition) is 1. The van der Waals surface area contributed by atoms with Crippen molar-refractivity contribution in [3.8, 4) is 11.4 Å². The highest BCUT2D eigenvalue weighted by Crippen LogP contribution is 2.40. The summed E-state index contributed by atoms with van der Waals surface area (Å²) in [6.07, 6.45) is 4.99. The largest absolute Gasteiger partial charge is 0.353 e. The van der Waals surface area contributed by atoms with Gasteiger partial charge in [-0.3, -0.25) is 0 Å². The van der Waals surface area contributed by atoms with Crippen molar-refractivity contribution < 1.29 is 0 Å². The molecule has 0 atom stereocenters. The minimum atomic E-state index is 0.861. The number of anilines is 1. The zero-order valence-electron chi connectivity index (χ0n) is 14.3. The maximum absolute atomic E-state index is 5.07. The molecule has 1 fully saturated rings. The normalized spacial score (nSPS) is 17.7. The predicted octanol–water partition coefficient (Wildman–Crippen LogP) is 3.65. The molecular weight excluding hydrogens is 328 g/mol. The van der Waals surface area contributed by atoms with E-state index in [9.17, 15) is 0 Å². The molecule has 0 amide bonds. The molecule has 1 aliphatic carbocycles. The second-order valence-corrected chi connectivity index (χ2v) is 7.95. The molecule has 2 aromatic heterocycles. The number of rotatable bonds is 2. The summed E-state index contributed by atoms with van der Waals surface area (Å²) in [5.41, 5.74) is 2.63. The molecule has 1 aliphatic heterocycles. The van der Waals surface area contributed by atoms with Gasteiger partial charge in [-0.25, -0.2) is 9.97 Å². The highest BCUT2D eigenvalue weighted by atomic mass is 32.1. The zero-order chi connectivity index (χ0) is 16.6. The number of aromatic nitrogens is 2. The lowest BCUT2D eigenvalue weighted by atomic mass is 9.97. The van der Waals surface area contributed by atoms with E-state index in [1.54, 1.807) is 0 Å². The molecule has 0 radical (unpaired) electrons. The molecule has 0 saturated carbocycles. The zero-order valence-corrected chi connectivity index (χ0v) is 15.1. The summed E-state index contributed by atoms with van der Waals surface area (Å²) in [6, 6.07) is 10.4. The van der Waals surface area contributed by atoms with Gasteiger partial charge in [0.25, 0.3) is 0 Å². The van der Waals surface area contributed by atoms with E-state index in [2.05, 4.69) is 34.5 Å². The van der Waals surface area contributed by atoms with Crippen LogP contribution in [0.2, 0.25) is 0 Å². The van der Waals surface area contributed by atoms with Crippen molar-refractivity contribution in [1.29, 1.82) is 0 Å². The Morgan fingerprint density at radius 1 is 0.960 bits per heavy atom. The van der Waals surface area contributed by atoms with E-state index in [4.69, 9.17) is 9.97 Å². The van der Waals surface area contributed by atoms with E-state index >= 15 is 0 Å². The van der Waals surface area contributed by atoms with Gasteiger partial charge in [0.15, 0.2) is 5.82 Å². The van der Waals surface area contributed by atoms with Crippen molar-refractivity contribution in [2.75, 3.05) is 31.1 Å². The first-order chi connectivity index (χ1) is 12.4. The fraction of sp³-hybridized carbons (Fsp3) is 0.400. The van der Waals surface area contributed by atoms with E-state index in [1.165, 1.54) is 46.3 Å². The summed E-state index contributed by atoms with van der Waals surface area (Å²) in [5, 5.41) is 4.79. The Labute approximate surface area is 151 Å². The average Bonchev–Trinajstić information content (AvgIpc) is 3.07. The van der Waals surface area contributed by atoms with E-state index < -0.39 is 0 Å². The third-order valence-electron chi connectivity index (χ3n) is 5.24. The van der Waals surface area contributed by atoms with Crippen LogP contribution in [0.3, 0.4) is 0 Å². The standard InChI is InChI=1S/C20H22N4S/c1-2-6-14(7-3-1)18-22-19(24-12-10-21-11-13-24)17-15-8-4-5-9-16(15)25-20(17)23-18/h1-3,6-7,21H,4-5,8-13H2. The number of aryl methyl sites for hydroxylation is 2. The number of piperazine rings is 1. The third kappa shape index (κ3) is 2.71. The Balaban J connectivity index is 1.73. The van der Waals surface area contributed by atoms with Crippen LogP contribution in [0.5, 0.6) is 0 Å². The fourth-order valence-electron chi connectivity index (χ4n) is 3.96. The summed E-state index contributed by atoms with van der Waals surface area (Å²) >= 11 is 1.89. The van der Waals surface area contributed by atoms with Gasteiger partial charge in [0, 0.05) is 36.6 Å². The highest BCUT2D eigenvalue weighted by Gasteiger charge is 2.24. The van der Waals surface area contributed by atoms with E-state index in [0.717, 1.165) is 43.4 Å². The fourth-order valence-corrected chi connectivity index (χ4v) is 5.22. The molecule has 1 N–H and O–H groups in total.